The highest BCUT2D eigenvalue weighted by Gasteiger charge is 2.09. The first-order valence-corrected chi connectivity index (χ1v) is 3.74. The van der Waals surface area contributed by atoms with E-state index in [9.17, 15) is 4.79 Å². The molecule has 0 atom stereocenters. The highest BCUT2D eigenvalue weighted by atomic mass is 16.5. The molecule has 0 aromatic carbocycles. The van der Waals surface area contributed by atoms with Crippen LogP contribution in [0.25, 0.3) is 6.08 Å². The number of hydrogen-bond acceptors (Lipinski definition) is 5. The molecule has 0 bridgehead atoms. The van der Waals surface area contributed by atoms with E-state index in [1.165, 1.54) is 24.2 Å². The van der Waals surface area contributed by atoms with Crippen LogP contribution in [0.1, 0.15) is 5.69 Å². The molecule has 0 fully saturated rings. The van der Waals surface area contributed by atoms with Crippen molar-refractivity contribution in [2.24, 2.45) is 7.05 Å². The van der Waals surface area contributed by atoms with Gasteiger partial charge in [0.2, 0.25) is 0 Å². The van der Waals surface area contributed by atoms with Crippen molar-refractivity contribution in [2.45, 2.75) is 0 Å². The molecule has 0 N–H and O–H groups in total. The highest BCUT2D eigenvalue weighted by molar-refractivity contribution is 5.97. The summed E-state index contributed by atoms with van der Waals surface area (Å²) in [5, 5.41) is 16.3. The van der Waals surface area contributed by atoms with Crippen LogP contribution < -0.4 is 0 Å². The summed E-state index contributed by atoms with van der Waals surface area (Å²) in [5.74, 6) is -0.682. The van der Waals surface area contributed by atoms with Crippen molar-refractivity contribution in [3.63, 3.8) is 0 Å². The zero-order valence-electron chi connectivity index (χ0n) is 7.76. The average Bonchev–Trinajstić information content (AvgIpc) is 2.59. The molecule has 1 aromatic rings. The molecule has 0 saturated carbocycles. The van der Waals surface area contributed by atoms with Gasteiger partial charge in [0.15, 0.2) is 0 Å². The van der Waals surface area contributed by atoms with Gasteiger partial charge in [0.25, 0.3) is 0 Å². The second-order valence-electron chi connectivity index (χ2n) is 2.42. The number of carbonyl (C=O) groups excluding carboxylic acids is 1. The smallest absolute Gasteiger partial charge is 0.348 e. The van der Waals surface area contributed by atoms with Gasteiger partial charge in [0.1, 0.15) is 17.3 Å². The van der Waals surface area contributed by atoms with Gasteiger partial charge in [0.05, 0.1) is 13.3 Å². The third-order valence-electron chi connectivity index (χ3n) is 1.44. The first-order valence-electron chi connectivity index (χ1n) is 3.74. The van der Waals surface area contributed by atoms with Gasteiger partial charge in [-0.2, -0.15) is 20.3 Å². The number of methoxy groups -OCH3 is 1. The summed E-state index contributed by atoms with van der Waals surface area (Å²) in [7, 11) is 2.85. The van der Waals surface area contributed by atoms with Crippen LogP contribution >= 0.6 is 0 Å². The summed E-state index contributed by atoms with van der Waals surface area (Å²) in [4.78, 5) is 12.3. The predicted octanol–water partition coefficient (Wildman–Crippen LogP) is -0.105. The number of aromatic nitrogens is 3. The molecular formula is C8H8N4O2. The summed E-state index contributed by atoms with van der Waals surface area (Å²) in [6.45, 7) is 0. The van der Waals surface area contributed by atoms with Crippen LogP contribution in [-0.4, -0.2) is 28.1 Å². The average molecular weight is 192 g/mol. The van der Waals surface area contributed by atoms with Crippen molar-refractivity contribution < 1.29 is 9.53 Å². The minimum atomic E-state index is -0.682. The number of aryl methyl sites for hydroxylation is 1. The van der Waals surface area contributed by atoms with Gasteiger partial charge < -0.3 is 4.74 Å². The molecule has 6 heteroatoms. The monoisotopic (exact) mass is 192 g/mol. The maximum Gasteiger partial charge on any atom is 0.348 e. The quantitative estimate of drug-likeness (QED) is 0.371. The Bertz CT molecular complexity index is 413. The molecule has 1 rings (SSSR count). The Morgan fingerprint density at radius 1 is 1.79 bits per heavy atom. The van der Waals surface area contributed by atoms with E-state index < -0.39 is 5.97 Å². The molecule has 1 aromatic heterocycles. The number of nitrogens with zero attached hydrogens (tertiary/aromatic N) is 4. The van der Waals surface area contributed by atoms with Gasteiger partial charge in [-0.3, -0.25) is 0 Å². The third kappa shape index (κ3) is 2.17. The van der Waals surface area contributed by atoms with E-state index in [4.69, 9.17) is 5.26 Å². The Labute approximate surface area is 80.4 Å². The zero-order valence-corrected chi connectivity index (χ0v) is 7.76. The summed E-state index contributed by atoms with van der Waals surface area (Å²) in [6, 6.07) is 1.72. The number of nitriles is 1. The van der Waals surface area contributed by atoms with E-state index in [1.54, 1.807) is 13.1 Å². The minimum Gasteiger partial charge on any atom is -0.465 e. The van der Waals surface area contributed by atoms with Crippen LogP contribution in [0.15, 0.2) is 11.8 Å². The van der Waals surface area contributed by atoms with Crippen LogP contribution in [0.3, 0.4) is 0 Å². The lowest BCUT2D eigenvalue weighted by atomic mass is 10.2. The van der Waals surface area contributed by atoms with E-state index in [-0.39, 0.29) is 5.57 Å². The molecular weight excluding hydrogens is 184 g/mol. The Morgan fingerprint density at radius 2 is 2.50 bits per heavy atom. The fourth-order valence-electron chi connectivity index (χ4n) is 0.822. The normalized spacial score (nSPS) is 10.8. The van der Waals surface area contributed by atoms with E-state index in [0.29, 0.717) is 5.69 Å². The maximum atomic E-state index is 11.0. The van der Waals surface area contributed by atoms with Gasteiger partial charge in [-0.1, -0.05) is 0 Å². The van der Waals surface area contributed by atoms with Crippen molar-refractivity contribution in [2.75, 3.05) is 7.11 Å². The van der Waals surface area contributed by atoms with E-state index in [2.05, 4.69) is 14.9 Å². The number of hydrogen-bond donors (Lipinski definition) is 0. The van der Waals surface area contributed by atoms with Crippen LogP contribution in [0, 0.1) is 11.3 Å². The number of carbonyl (C=O) groups is 1. The Balaban J connectivity index is 2.96. The van der Waals surface area contributed by atoms with Crippen molar-refractivity contribution in [1.82, 2.24) is 15.0 Å². The molecule has 0 spiro atoms. The van der Waals surface area contributed by atoms with Crippen LogP contribution in [0.4, 0.5) is 0 Å². The second kappa shape index (κ2) is 4.18. The molecule has 0 aliphatic carbocycles. The summed E-state index contributed by atoms with van der Waals surface area (Å²) in [5.41, 5.74) is 0.336. The molecule has 0 amide bonds. The first-order chi connectivity index (χ1) is 6.67. The van der Waals surface area contributed by atoms with Crippen molar-refractivity contribution >= 4 is 12.0 Å². The van der Waals surface area contributed by atoms with Crippen molar-refractivity contribution in [3.8, 4) is 6.07 Å². The molecule has 0 saturated heterocycles. The highest BCUT2D eigenvalue weighted by Crippen LogP contribution is 2.03. The Kier molecular flexibility index (Phi) is 2.97. The molecule has 72 valence electrons. The second-order valence-corrected chi connectivity index (χ2v) is 2.42. The van der Waals surface area contributed by atoms with Gasteiger partial charge in [-0.05, 0) is 6.08 Å². The standard InChI is InChI=1S/C8H8N4O2/c1-12-10-5-7(11-12)3-6(4-9)8(13)14-2/h3,5H,1-2H3/b6-3+. The molecule has 0 radical (unpaired) electrons. The van der Waals surface area contributed by atoms with E-state index >= 15 is 0 Å². The lowest BCUT2D eigenvalue weighted by Crippen LogP contribution is -2.02. The van der Waals surface area contributed by atoms with E-state index in [0.717, 1.165) is 0 Å². The first kappa shape index (κ1) is 9.92. The summed E-state index contributed by atoms with van der Waals surface area (Å²) >= 11 is 0. The third-order valence-corrected chi connectivity index (χ3v) is 1.44. The van der Waals surface area contributed by atoms with E-state index in [1.807, 2.05) is 0 Å². The van der Waals surface area contributed by atoms with Crippen molar-refractivity contribution in [3.05, 3.63) is 17.5 Å². The largest absolute Gasteiger partial charge is 0.465 e. The molecule has 0 aliphatic rings. The number of rotatable bonds is 2. The minimum absolute atomic E-state index is 0.104. The SMILES string of the molecule is COC(=O)/C(C#N)=C/c1cnn(C)n1. The molecule has 0 aliphatic heterocycles. The lowest BCUT2D eigenvalue weighted by molar-refractivity contribution is -0.135. The van der Waals surface area contributed by atoms with Gasteiger partial charge in [0, 0.05) is 7.05 Å². The Morgan fingerprint density at radius 3 is 2.93 bits per heavy atom. The summed E-state index contributed by atoms with van der Waals surface area (Å²) < 4.78 is 4.40. The van der Waals surface area contributed by atoms with Gasteiger partial charge >= 0.3 is 5.97 Å². The zero-order chi connectivity index (χ0) is 10.6. The predicted molar refractivity (Wildman–Crippen MR) is 46.6 cm³/mol. The fraction of sp³-hybridized carbons (Fsp3) is 0.250. The van der Waals surface area contributed by atoms with Crippen molar-refractivity contribution in [1.29, 1.82) is 5.26 Å². The topological polar surface area (TPSA) is 80.8 Å². The maximum absolute atomic E-state index is 11.0. The van der Waals surface area contributed by atoms with Crippen LogP contribution in [0.5, 0.6) is 0 Å². The molecule has 6 nitrogen and oxygen atoms in total. The molecule has 0 unspecified atom stereocenters. The molecule has 14 heavy (non-hydrogen) atoms. The van der Waals surface area contributed by atoms with Gasteiger partial charge in [-0.15, -0.1) is 0 Å². The molecule has 1 heterocycles. The van der Waals surface area contributed by atoms with Crippen LogP contribution in [0.2, 0.25) is 0 Å². The number of ether oxygens (including phenoxy) is 1. The van der Waals surface area contributed by atoms with Gasteiger partial charge in [-0.25, -0.2) is 4.79 Å². The summed E-state index contributed by atoms with van der Waals surface area (Å²) in [6.07, 6.45) is 2.76. The lowest BCUT2D eigenvalue weighted by Gasteiger charge is -1.93. The Hall–Kier alpha value is -2.16. The number of esters is 1. The van der Waals surface area contributed by atoms with Crippen LogP contribution in [-0.2, 0) is 16.6 Å². The fourth-order valence-corrected chi connectivity index (χ4v) is 0.822.